The van der Waals surface area contributed by atoms with Gasteiger partial charge in [-0.05, 0) is 55.0 Å². The van der Waals surface area contributed by atoms with E-state index in [1.807, 2.05) is 18.2 Å². The van der Waals surface area contributed by atoms with Crippen LogP contribution in [0.2, 0.25) is 0 Å². The molecule has 0 radical (unpaired) electrons. The fourth-order valence-corrected chi connectivity index (χ4v) is 6.51. The van der Waals surface area contributed by atoms with Crippen molar-refractivity contribution in [1.29, 1.82) is 0 Å². The van der Waals surface area contributed by atoms with Gasteiger partial charge in [-0.2, -0.15) is 18.2 Å². The highest BCUT2D eigenvalue weighted by atomic mass is 19.4. The Morgan fingerprint density at radius 3 is 2.53 bits per heavy atom. The van der Waals surface area contributed by atoms with E-state index in [-0.39, 0.29) is 30.6 Å². The molecule has 0 saturated carbocycles. The van der Waals surface area contributed by atoms with Crippen LogP contribution in [0.1, 0.15) is 42.4 Å². The van der Waals surface area contributed by atoms with Gasteiger partial charge in [0.15, 0.2) is 0 Å². The molecule has 0 aliphatic carbocycles. The number of likely N-dealkylation sites (tertiary alicyclic amines) is 1. The molecule has 6 rings (SSSR count). The lowest BCUT2D eigenvalue weighted by Gasteiger charge is -2.42. The number of alkyl halides is 3. The first-order valence-electron chi connectivity index (χ1n) is 15.3. The van der Waals surface area contributed by atoms with Crippen molar-refractivity contribution in [2.75, 3.05) is 61.2 Å². The molecule has 0 unspecified atom stereocenters. The van der Waals surface area contributed by atoms with E-state index < -0.39 is 11.7 Å². The summed E-state index contributed by atoms with van der Waals surface area (Å²) in [5, 5.41) is 8.61. The van der Waals surface area contributed by atoms with Crippen LogP contribution >= 0.6 is 0 Å². The minimum Gasteiger partial charge on any atom is -0.494 e. The minimum atomic E-state index is -4.66. The van der Waals surface area contributed by atoms with E-state index in [9.17, 15) is 18.0 Å². The Morgan fingerprint density at radius 1 is 1.04 bits per heavy atom. The number of amides is 1. The molecule has 13 heteroatoms. The number of rotatable bonds is 9. The molecule has 3 aromatic rings. The topological polar surface area (TPSA) is 104 Å². The van der Waals surface area contributed by atoms with Crippen molar-refractivity contribution < 1.29 is 27.4 Å². The molecule has 3 N–H and O–H groups in total. The molecule has 240 valence electrons. The first-order valence-corrected chi connectivity index (χ1v) is 15.3. The molecular formula is C32H38F3N7O3. The van der Waals surface area contributed by atoms with Crippen molar-refractivity contribution in [1.82, 2.24) is 14.9 Å². The van der Waals surface area contributed by atoms with Gasteiger partial charge in [0, 0.05) is 69.5 Å². The Bertz CT molecular complexity index is 1520. The van der Waals surface area contributed by atoms with Crippen LogP contribution in [-0.2, 0) is 28.7 Å². The number of piperidine rings is 2. The lowest BCUT2D eigenvalue weighted by Crippen LogP contribution is -2.48. The molecule has 2 fully saturated rings. The van der Waals surface area contributed by atoms with Gasteiger partial charge < -0.3 is 35.2 Å². The second kappa shape index (κ2) is 13.1. The normalized spacial score (nSPS) is 18.1. The van der Waals surface area contributed by atoms with Gasteiger partial charge in [-0.1, -0.05) is 12.1 Å². The van der Waals surface area contributed by atoms with Crippen molar-refractivity contribution in [2.45, 2.75) is 57.0 Å². The van der Waals surface area contributed by atoms with E-state index in [1.54, 1.807) is 32.4 Å². The van der Waals surface area contributed by atoms with Crippen molar-refractivity contribution in [3.63, 3.8) is 0 Å². The van der Waals surface area contributed by atoms with Crippen LogP contribution in [0.4, 0.5) is 42.0 Å². The van der Waals surface area contributed by atoms with Crippen LogP contribution in [0.3, 0.4) is 0 Å². The van der Waals surface area contributed by atoms with Gasteiger partial charge >= 0.3 is 6.18 Å². The SMILES string of the molecule is COc1cc(N2CCC(N3CCC(OC)CC3)CC2)ccc1Nc1ncc(C(F)(F)F)c(NCc2cccc3c2CC(=O)N3)n1. The maximum atomic E-state index is 13.9. The van der Waals surface area contributed by atoms with Gasteiger partial charge in [0.2, 0.25) is 11.9 Å². The third kappa shape index (κ3) is 6.94. The predicted octanol–water partition coefficient (Wildman–Crippen LogP) is 5.43. The number of hydrogen-bond donors (Lipinski definition) is 3. The Balaban J connectivity index is 1.13. The lowest BCUT2D eigenvalue weighted by molar-refractivity contribution is -0.137. The molecule has 2 saturated heterocycles. The summed E-state index contributed by atoms with van der Waals surface area (Å²) in [6.45, 7) is 4.06. The fraction of sp³-hybridized carbons (Fsp3) is 0.469. The average molecular weight is 626 g/mol. The Kier molecular flexibility index (Phi) is 8.99. The van der Waals surface area contributed by atoms with Crippen molar-refractivity contribution in [3.8, 4) is 5.75 Å². The van der Waals surface area contributed by atoms with Gasteiger partial charge in [0.25, 0.3) is 0 Å². The molecule has 1 aromatic heterocycles. The molecule has 0 atom stereocenters. The third-order valence-corrected chi connectivity index (χ3v) is 9.01. The molecule has 0 spiro atoms. The fourth-order valence-electron chi connectivity index (χ4n) is 6.51. The first-order chi connectivity index (χ1) is 21.7. The Morgan fingerprint density at radius 2 is 1.82 bits per heavy atom. The first kappa shape index (κ1) is 30.9. The summed E-state index contributed by atoms with van der Waals surface area (Å²) in [6.07, 6.45) is 0.968. The van der Waals surface area contributed by atoms with Gasteiger partial charge in [0.05, 0.1) is 25.3 Å². The summed E-state index contributed by atoms with van der Waals surface area (Å²) in [4.78, 5) is 24.9. The summed E-state index contributed by atoms with van der Waals surface area (Å²) >= 11 is 0. The number of ether oxygens (including phenoxy) is 2. The summed E-state index contributed by atoms with van der Waals surface area (Å²) in [5.41, 5.74) is 2.72. The molecule has 10 nitrogen and oxygen atoms in total. The number of halogens is 3. The van der Waals surface area contributed by atoms with Gasteiger partial charge in [-0.3, -0.25) is 4.79 Å². The zero-order valence-electron chi connectivity index (χ0n) is 25.4. The van der Waals surface area contributed by atoms with Crippen LogP contribution in [-0.4, -0.2) is 73.3 Å². The van der Waals surface area contributed by atoms with Crippen LogP contribution in [0.5, 0.6) is 5.75 Å². The van der Waals surface area contributed by atoms with E-state index in [0.29, 0.717) is 34.8 Å². The molecule has 4 heterocycles. The molecule has 1 amide bonds. The molecule has 3 aliphatic rings. The quantitative estimate of drug-likeness (QED) is 0.287. The second-order valence-electron chi connectivity index (χ2n) is 11.7. The summed E-state index contributed by atoms with van der Waals surface area (Å²) in [5.74, 6) is 0.0145. The largest absolute Gasteiger partial charge is 0.494 e. The number of nitrogens with one attached hydrogen (secondary N) is 3. The van der Waals surface area contributed by atoms with E-state index in [2.05, 4.69) is 35.7 Å². The number of benzene rings is 2. The molecular weight excluding hydrogens is 587 g/mol. The zero-order chi connectivity index (χ0) is 31.6. The lowest BCUT2D eigenvalue weighted by atomic mass is 9.98. The Hall–Kier alpha value is -4.10. The van der Waals surface area contributed by atoms with E-state index in [1.165, 1.54) is 0 Å². The summed E-state index contributed by atoms with van der Waals surface area (Å²) in [6, 6.07) is 11.6. The monoisotopic (exact) mass is 625 g/mol. The average Bonchev–Trinajstić information content (AvgIpc) is 3.44. The van der Waals surface area contributed by atoms with E-state index >= 15 is 0 Å². The Labute approximate surface area is 260 Å². The predicted molar refractivity (Wildman–Crippen MR) is 166 cm³/mol. The number of carbonyl (C=O) groups excluding carboxylic acids is 1. The number of aromatic nitrogens is 2. The van der Waals surface area contributed by atoms with Crippen LogP contribution in [0, 0.1) is 0 Å². The highest BCUT2D eigenvalue weighted by Crippen LogP contribution is 2.37. The molecule has 45 heavy (non-hydrogen) atoms. The zero-order valence-corrected chi connectivity index (χ0v) is 25.4. The summed E-state index contributed by atoms with van der Waals surface area (Å²) < 4.78 is 52.8. The number of carbonyl (C=O) groups is 1. The van der Waals surface area contributed by atoms with Gasteiger partial charge in [0.1, 0.15) is 17.1 Å². The number of anilines is 5. The van der Waals surface area contributed by atoms with Gasteiger partial charge in [-0.25, -0.2) is 4.98 Å². The highest BCUT2D eigenvalue weighted by Gasteiger charge is 2.35. The smallest absolute Gasteiger partial charge is 0.421 e. The minimum absolute atomic E-state index is 0.00950. The maximum Gasteiger partial charge on any atom is 0.421 e. The van der Waals surface area contributed by atoms with Crippen molar-refractivity contribution >= 4 is 34.7 Å². The molecule has 0 bridgehead atoms. The number of hydrogen-bond acceptors (Lipinski definition) is 9. The second-order valence-corrected chi connectivity index (χ2v) is 11.7. The number of fused-ring (bicyclic) bond motifs is 1. The van der Waals surface area contributed by atoms with Gasteiger partial charge in [-0.15, -0.1) is 0 Å². The highest BCUT2D eigenvalue weighted by molar-refractivity contribution is 5.99. The van der Waals surface area contributed by atoms with E-state index in [4.69, 9.17) is 9.47 Å². The van der Waals surface area contributed by atoms with Crippen molar-refractivity contribution in [2.24, 2.45) is 0 Å². The standard InChI is InChI=1S/C32H38F3N7O3/c1-44-23-10-14-41(15-11-23)21-8-12-42(13-9-21)22-6-7-27(28(16-22)45-2)39-31-37-19-25(32(33,34)35)30(40-31)36-18-20-4-3-5-26-24(20)17-29(43)38-26/h3-7,16,19,21,23H,8-15,17-18H2,1-2H3,(H,38,43)(H2,36,37,39,40). The van der Waals surface area contributed by atoms with E-state index in [0.717, 1.165) is 69.3 Å². The summed E-state index contributed by atoms with van der Waals surface area (Å²) in [7, 11) is 3.35. The van der Waals surface area contributed by atoms with Crippen molar-refractivity contribution in [3.05, 3.63) is 59.3 Å². The number of nitrogens with zero attached hydrogens (tertiary/aromatic N) is 4. The van der Waals surface area contributed by atoms with Crippen LogP contribution in [0.25, 0.3) is 0 Å². The number of methoxy groups -OCH3 is 2. The van der Waals surface area contributed by atoms with Crippen LogP contribution < -0.4 is 25.6 Å². The molecule has 3 aliphatic heterocycles. The van der Waals surface area contributed by atoms with Crippen LogP contribution in [0.15, 0.2) is 42.6 Å². The maximum absolute atomic E-state index is 13.9. The third-order valence-electron chi connectivity index (χ3n) is 9.01. The molecule has 2 aromatic carbocycles.